The number of carboxylic acids is 1. The summed E-state index contributed by atoms with van der Waals surface area (Å²) >= 11 is 0. The van der Waals surface area contributed by atoms with Crippen molar-refractivity contribution in [3.05, 3.63) is 72.9 Å². The number of carbonyl (C=O) groups is 4. The molecule has 1 fully saturated rings. The maximum absolute atomic E-state index is 13.2. The van der Waals surface area contributed by atoms with Gasteiger partial charge in [-0.2, -0.15) is 0 Å². The highest BCUT2D eigenvalue weighted by atomic mass is 16.7. The first-order valence-corrected chi connectivity index (χ1v) is 31.9. The Morgan fingerprint density at radius 3 is 1.24 bits per heavy atom. The molecule has 6 atom stereocenters. The van der Waals surface area contributed by atoms with Crippen molar-refractivity contribution in [2.75, 3.05) is 13.2 Å². The molecule has 12 nitrogen and oxygen atoms in total. The van der Waals surface area contributed by atoms with Crippen LogP contribution in [0.15, 0.2) is 72.9 Å². The van der Waals surface area contributed by atoms with E-state index in [2.05, 4.69) is 93.7 Å². The maximum Gasteiger partial charge on any atom is 0.335 e. The van der Waals surface area contributed by atoms with Crippen LogP contribution in [0.3, 0.4) is 0 Å². The van der Waals surface area contributed by atoms with Crippen molar-refractivity contribution in [3.63, 3.8) is 0 Å². The lowest BCUT2D eigenvalue weighted by atomic mass is 9.98. The predicted octanol–water partition coefficient (Wildman–Crippen LogP) is 16.9. The van der Waals surface area contributed by atoms with Gasteiger partial charge < -0.3 is 39.0 Å². The first-order chi connectivity index (χ1) is 38.6. The minimum Gasteiger partial charge on any atom is -0.479 e. The second kappa shape index (κ2) is 54.7. The lowest BCUT2D eigenvalue weighted by molar-refractivity contribution is -0.301. The Labute approximate surface area is 480 Å². The van der Waals surface area contributed by atoms with Crippen LogP contribution in [0.1, 0.15) is 278 Å². The van der Waals surface area contributed by atoms with E-state index < -0.39 is 67.3 Å². The molecule has 0 aromatic carbocycles. The number of aliphatic hydroxyl groups excluding tert-OH is 2. The third-order valence-electron chi connectivity index (χ3n) is 14.2. The number of hydrogen-bond acceptors (Lipinski definition) is 11. The summed E-state index contributed by atoms with van der Waals surface area (Å²) in [5, 5.41) is 31.6. The molecule has 1 saturated heterocycles. The zero-order valence-electron chi connectivity index (χ0n) is 50.1. The van der Waals surface area contributed by atoms with Gasteiger partial charge in [0, 0.05) is 19.3 Å². The molecule has 0 amide bonds. The van der Waals surface area contributed by atoms with E-state index in [1.54, 1.807) is 0 Å². The Morgan fingerprint density at radius 1 is 0.430 bits per heavy atom. The molecule has 12 heteroatoms. The number of esters is 3. The summed E-state index contributed by atoms with van der Waals surface area (Å²) in [5.74, 6) is -3.15. The molecule has 1 heterocycles. The number of rotatable bonds is 54. The van der Waals surface area contributed by atoms with E-state index >= 15 is 0 Å². The number of allylic oxidation sites excluding steroid dienone is 12. The fourth-order valence-corrected chi connectivity index (χ4v) is 9.35. The van der Waals surface area contributed by atoms with Gasteiger partial charge >= 0.3 is 23.9 Å². The van der Waals surface area contributed by atoms with Crippen LogP contribution in [-0.2, 0) is 42.9 Å². The van der Waals surface area contributed by atoms with Gasteiger partial charge in [-0.15, -0.1) is 0 Å². The average Bonchev–Trinajstić information content (AvgIpc) is 3.47. The summed E-state index contributed by atoms with van der Waals surface area (Å²) in [6.45, 7) is 5.85. The molecule has 3 N–H and O–H groups in total. The first-order valence-electron chi connectivity index (χ1n) is 31.9. The number of ether oxygens (including phenoxy) is 5. The van der Waals surface area contributed by atoms with Gasteiger partial charge in [0.1, 0.15) is 18.8 Å². The Hall–Kier alpha value is -3.84. The smallest absolute Gasteiger partial charge is 0.335 e. The van der Waals surface area contributed by atoms with Crippen molar-refractivity contribution in [3.8, 4) is 0 Å². The Bertz CT molecular complexity index is 1650. The van der Waals surface area contributed by atoms with Crippen LogP contribution in [0.2, 0.25) is 0 Å². The molecule has 0 aromatic heterocycles. The highest BCUT2D eigenvalue weighted by Crippen LogP contribution is 2.26. The van der Waals surface area contributed by atoms with E-state index in [4.69, 9.17) is 23.7 Å². The molecule has 0 aromatic rings. The van der Waals surface area contributed by atoms with Crippen molar-refractivity contribution in [2.24, 2.45) is 0 Å². The largest absolute Gasteiger partial charge is 0.479 e. The lowest BCUT2D eigenvalue weighted by Gasteiger charge is -2.40. The summed E-state index contributed by atoms with van der Waals surface area (Å²) in [4.78, 5) is 51.2. The standard InChI is InChI=1S/C67H114O12/c1-4-7-10-13-16-19-22-25-27-29-30-32-34-37-40-43-46-49-52-55-61(70)78-65-63(72)62(71)64(66(73)74)79-67(65)76-57-58(77-60(69)54-51-48-45-42-39-35-24-21-18-15-12-9-6-3)56-75-59(68)53-50-47-44-41-38-36-33-31-28-26-23-20-17-14-11-8-5-2/h8,11,17,20-21,24-28,33,36,58,62-65,67,71-72H,4-7,9-10,12-16,18-19,22-23,29-32,34-35,37-57H2,1-3H3,(H,73,74)/b11-8-,20-17-,24-21-,27-25-,28-26-,36-33-. The monoisotopic (exact) mass is 1110 g/mol. The summed E-state index contributed by atoms with van der Waals surface area (Å²) < 4.78 is 28.5. The second-order valence-electron chi connectivity index (χ2n) is 21.7. The SMILES string of the molecule is CC/C=C\C/C=C\C/C=C\C/C=C\CCCCCCC(=O)OCC(COC1OC(C(=O)O)C(O)C(O)C1OC(=O)CCCCCCCCCCC/C=C\CCCCCCCC)OC(=O)CCCCCCC/C=C\CCCCCC. The zero-order chi connectivity index (χ0) is 57.5. The van der Waals surface area contributed by atoms with Crippen LogP contribution >= 0.6 is 0 Å². The van der Waals surface area contributed by atoms with E-state index in [9.17, 15) is 34.5 Å². The van der Waals surface area contributed by atoms with Crippen molar-refractivity contribution in [2.45, 2.75) is 314 Å². The van der Waals surface area contributed by atoms with Crippen LogP contribution in [0.5, 0.6) is 0 Å². The fourth-order valence-electron chi connectivity index (χ4n) is 9.35. The summed E-state index contributed by atoms with van der Waals surface area (Å²) in [7, 11) is 0. The second-order valence-corrected chi connectivity index (χ2v) is 21.7. The average molecular weight is 1110 g/mol. The van der Waals surface area contributed by atoms with Gasteiger partial charge in [0.15, 0.2) is 24.6 Å². The topological polar surface area (TPSA) is 175 Å². The lowest BCUT2D eigenvalue weighted by Crippen LogP contribution is -2.61. The van der Waals surface area contributed by atoms with Crippen LogP contribution in [0, 0.1) is 0 Å². The van der Waals surface area contributed by atoms with E-state index in [0.717, 1.165) is 122 Å². The molecule has 0 aliphatic carbocycles. The van der Waals surface area contributed by atoms with Crippen LogP contribution in [0.25, 0.3) is 0 Å². The van der Waals surface area contributed by atoms with E-state index in [1.165, 1.54) is 96.3 Å². The molecule has 0 spiro atoms. The summed E-state index contributed by atoms with van der Waals surface area (Å²) in [6.07, 6.45) is 57.2. The van der Waals surface area contributed by atoms with Gasteiger partial charge in [-0.1, -0.05) is 222 Å². The molecule has 0 bridgehead atoms. The number of unbranched alkanes of at least 4 members (excludes halogenated alkanes) is 28. The van der Waals surface area contributed by atoms with Gasteiger partial charge in [-0.05, 0) is 109 Å². The van der Waals surface area contributed by atoms with Gasteiger partial charge in [-0.25, -0.2) is 4.79 Å². The Morgan fingerprint density at radius 2 is 0.797 bits per heavy atom. The molecule has 1 aliphatic rings. The van der Waals surface area contributed by atoms with E-state index in [1.807, 2.05) is 0 Å². The molecule has 6 unspecified atom stereocenters. The van der Waals surface area contributed by atoms with Crippen molar-refractivity contribution in [1.82, 2.24) is 0 Å². The molecule has 0 saturated carbocycles. The molecule has 454 valence electrons. The number of aliphatic hydroxyl groups is 2. The third-order valence-corrected chi connectivity index (χ3v) is 14.2. The van der Waals surface area contributed by atoms with Gasteiger partial charge in [-0.3, -0.25) is 14.4 Å². The zero-order valence-corrected chi connectivity index (χ0v) is 50.1. The minimum absolute atomic E-state index is 0.0541. The number of carboxylic acid groups (broad SMARTS) is 1. The van der Waals surface area contributed by atoms with E-state index in [-0.39, 0.29) is 25.9 Å². The van der Waals surface area contributed by atoms with Gasteiger partial charge in [0.05, 0.1) is 6.61 Å². The van der Waals surface area contributed by atoms with Crippen LogP contribution in [0.4, 0.5) is 0 Å². The number of carbonyl (C=O) groups excluding carboxylic acids is 3. The maximum atomic E-state index is 13.2. The summed E-state index contributed by atoms with van der Waals surface area (Å²) in [6, 6.07) is 0. The van der Waals surface area contributed by atoms with Crippen LogP contribution < -0.4 is 0 Å². The third kappa shape index (κ3) is 44.5. The molecule has 79 heavy (non-hydrogen) atoms. The predicted molar refractivity (Wildman–Crippen MR) is 322 cm³/mol. The Kier molecular flexibility index (Phi) is 50.7. The van der Waals surface area contributed by atoms with Crippen molar-refractivity contribution in [1.29, 1.82) is 0 Å². The first kappa shape index (κ1) is 73.2. The molecule has 0 radical (unpaired) electrons. The highest BCUT2D eigenvalue weighted by Gasteiger charge is 2.50. The normalized spacial score (nSPS) is 18.3. The number of hydrogen-bond donors (Lipinski definition) is 3. The van der Waals surface area contributed by atoms with Gasteiger partial charge in [0.2, 0.25) is 0 Å². The molecule has 1 aliphatic heterocycles. The Balaban J connectivity index is 2.66. The fraction of sp³-hybridized carbons (Fsp3) is 0.761. The molecular weight excluding hydrogens is 997 g/mol. The van der Waals surface area contributed by atoms with E-state index in [0.29, 0.717) is 19.3 Å². The quantitative estimate of drug-likeness (QED) is 0.0228. The van der Waals surface area contributed by atoms with Crippen LogP contribution in [-0.4, -0.2) is 89.2 Å². The molecule has 1 rings (SSSR count). The molecular formula is C67H114O12. The minimum atomic E-state index is -1.91. The van der Waals surface area contributed by atoms with Crippen molar-refractivity contribution < 1.29 is 58.2 Å². The van der Waals surface area contributed by atoms with Gasteiger partial charge in [0.25, 0.3) is 0 Å². The number of aliphatic carboxylic acids is 1. The summed E-state index contributed by atoms with van der Waals surface area (Å²) in [5.41, 5.74) is 0. The van der Waals surface area contributed by atoms with Crippen molar-refractivity contribution >= 4 is 23.9 Å². The highest BCUT2D eigenvalue weighted by molar-refractivity contribution is 5.74.